The van der Waals surface area contributed by atoms with Crippen LogP contribution in [-0.2, 0) is 0 Å². The van der Waals surface area contributed by atoms with Crippen LogP contribution in [0, 0.1) is 5.82 Å². The van der Waals surface area contributed by atoms with Crippen molar-refractivity contribution in [1.29, 1.82) is 0 Å². The number of alkyl halides is 2. The zero-order valence-corrected chi connectivity index (χ0v) is 12.3. The van der Waals surface area contributed by atoms with E-state index in [4.69, 9.17) is 0 Å². The summed E-state index contributed by atoms with van der Waals surface area (Å²) in [6.45, 7) is 0.490. The number of ether oxygens (including phenoxy) is 1. The van der Waals surface area contributed by atoms with Gasteiger partial charge in [-0.25, -0.2) is 14.4 Å². The number of aromatic nitrogens is 3. The van der Waals surface area contributed by atoms with Crippen molar-refractivity contribution in [2.75, 3.05) is 5.32 Å². The van der Waals surface area contributed by atoms with Crippen molar-refractivity contribution in [1.82, 2.24) is 15.0 Å². The van der Waals surface area contributed by atoms with E-state index in [2.05, 4.69) is 25.0 Å². The van der Waals surface area contributed by atoms with Gasteiger partial charge in [-0.2, -0.15) is 8.78 Å². The minimum atomic E-state index is -3.54. The van der Waals surface area contributed by atoms with Crippen LogP contribution < -0.4 is 10.1 Å². The quantitative estimate of drug-likeness (QED) is 0.766. The summed E-state index contributed by atoms with van der Waals surface area (Å²) >= 11 is 0. The summed E-state index contributed by atoms with van der Waals surface area (Å²) in [5.74, 6) is -2.16. The Morgan fingerprint density at radius 1 is 1.29 bits per heavy atom. The molecule has 24 heavy (non-hydrogen) atoms. The van der Waals surface area contributed by atoms with Crippen molar-refractivity contribution in [3.8, 4) is 5.75 Å². The van der Waals surface area contributed by atoms with Gasteiger partial charge < -0.3 is 15.0 Å². The second-order valence-corrected chi connectivity index (χ2v) is 4.97. The molecular formula is C15H11F3N4O2. The molecule has 0 unspecified atom stereocenters. The number of rotatable bonds is 4. The number of hydrogen-bond donors (Lipinski definition) is 2. The van der Waals surface area contributed by atoms with Crippen LogP contribution in [0.15, 0.2) is 36.8 Å². The average Bonchev–Trinajstić information content (AvgIpc) is 2.97. The first-order valence-electron chi connectivity index (χ1n) is 6.79. The van der Waals surface area contributed by atoms with Crippen LogP contribution in [0.5, 0.6) is 5.75 Å². The lowest BCUT2D eigenvalue weighted by Crippen LogP contribution is -2.20. The Morgan fingerprint density at radius 3 is 2.83 bits per heavy atom. The molecule has 0 aliphatic carbocycles. The fraction of sp³-hybridized carbons (Fsp3) is 0.133. The number of carbonyl (C=O) groups is 1. The monoisotopic (exact) mass is 336 g/mol. The zero-order chi connectivity index (χ0) is 17.3. The van der Waals surface area contributed by atoms with Crippen molar-refractivity contribution in [2.24, 2.45) is 0 Å². The number of imidazole rings is 1. The highest BCUT2D eigenvalue weighted by atomic mass is 19.3. The van der Waals surface area contributed by atoms with E-state index in [0.29, 0.717) is 18.1 Å². The lowest BCUT2D eigenvalue weighted by Gasteiger charge is -2.14. The second kappa shape index (κ2) is 5.84. The van der Waals surface area contributed by atoms with Crippen LogP contribution >= 0.6 is 0 Å². The van der Waals surface area contributed by atoms with Crippen molar-refractivity contribution in [3.63, 3.8) is 0 Å². The Kier molecular flexibility index (Phi) is 3.84. The smallest absolute Gasteiger partial charge is 0.395 e. The molecule has 124 valence electrons. The van der Waals surface area contributed by atoms with Gasteiger partial charge in [0.1, 0.15) is 0 Å². The molecule has 1 aromatic carbocycles. The Hall–Kier alpha value is -3.10. The third-order valence-electron chi connectivity index (χ3n) is 3.05. The first-order chi connectivity index (χ1) is 11.3. The third kappa shape index (κ3) is 3.29. The van der Waals surface area contributed by atoms with E-state index >= 15 is 0 Å². The lowest BCUT2D eigenvalue weighted by molar-refractivity contribution is -0.160. The molecule has 3 aromatic rings. The Labute approximate surface area is 133 Å². The Morgan fingerprint density at radius 2 is 2.08 bits per heavy atom. The summed E-state index contributed by atoms with van der Waals surface area (Å²) in [5, 5.41) is 2.49. The van der Waals surface area contributed by atoms with Gasteiger partial charge in [0.25, 0.3) is 5.91 Å². The van der Waals surface area contributed by atoms with E-state index in [1.807, 2.05) is 0 Å². The molecule has 0 bridgehead atoms. The maximum absolute atomic E-state index is 13.5. The predicted octanol–water partition coefficient (Wildman–Crippen LogP) is 3.34. The van der Waals surface area contributed by atoms with Crippen LogP contribution in [0.25, 0.3) is 11.2 Å². The number of hydrogen-bond acceptors (Lipinski definition) is 4. The summed E-state index contributed by atoms with van der Waals surface area (Å²) in [6, 6.07) is 4.61. The number of carbonyl (C=O) groups excluding carboxylic acids is 1. The van der Waals surface area contributed by atoms with Gasteiger partial charge in [0.2, 0.25) is 0 Å². The van der Waals surface area contributed by atoms with Gasteiger partial charge in [0, 0.05) is 24.9 Å². The number of pyridine rings is 1. The molecule has 2 aromatic heterocycles. The van der Waals surface area contributed by atoms with Crippen LogP contribution in [0.1, 0.15) is 17.3 Å². The molecule has 0 saturated heterocycles. The fourth-order valence-electron chi connectivity index (χ4n) is 2.09. The molecule has 6 nitrogen and oxygen atoms in total. The maximum Gasteiger partial charge on any atom is 0.395 e. The molecule has 0 spiro atoms. The van der Waals surface area contributed by atoms with Gasteiger partial charge in [-0.1, -0.05) is 0 Å². The molecule has 0 aliphatic heterocycles. The Balaban J connectivity index is 1.87. The van der Waals surface area contributed by atoms with E-state index in [1.54, 1.807) is 0 Å². The minimum Gasteiger partial charge on any atom is -0.430 e. The van der Waals surface area contributed by atoms with Gasteiger partial charge >= 0.3 is 6.11 Å². The number of nitrogens with one attached hydrogen (secondary N) is 2. The van der Waals surface area contributed by atoms with Gasteiger partial charge in [-0.15, -0.1) is 0 Å². The van der Waals surface area contributed by atoms with Crippen LogP contribution in [-0.4, -0.2) is 27.0 Å². The van der Waals surface area contributed by atoms with Crippen molar-refractivity contribution in [3.05, 3.63) is 48.2 Å². The number of fused-ring (bicyclic) bond motifs is 1. The van der Waals surface area contributed by atoms with Gasteiger partial charge in [-0.3, -0.25) is 4.79 Å². The number of halogens is 3. The zero-order valence-electron chi connectivity index (χ0n) is 12.3. The molecule has 1 amide bonds. The minimum absolute atomic E-state index is 0.102. The van der Waals surface area contributed by atoms with E-state index < -0.39 is 23.6 Å². The van der Waals surface area contributed by atoms with Crippen molar-refractivity contribution >= 4 is 22.8 Å². The van der Waals surface area contributed by atoms with Gasteiger partial charge in [0.15, 0.2) is 17.2 Å². The predicted molar refractivity (Wildman–Crippen MR) is 79.5 cm³/mol. The summed E-state index contributed by atoms with van der Waals surface area (Å²) in [4.78, 5) is 23.0. The molecule has 2 N–H and O–H groups in total. The van der Waals surface area contributed by atoms with Gasteiger partial charge in [-0.05, 0) is 18.2 Å². The van der Waals surface area contributed by atoms with E-state index in [-0.39, 0.29) is 11.3 Å². The normalized spacial score (nSPS) is 11.5. The fourth-order valence-corrected chi connectivity index (χ4v) is 2.09. The lowest BCUT2D eigenvalue weighted by atomic mass is 10.2. The topological polar surface area (TPSA) is 79.9 Å². The first kappa shape index (κ1) is 15.8. The molecule has 3 rings (SSSR count). The number of nitrogens with zero attached hydrogens (tertiary/aromatic N) is 2. The van der Waals surface area contributed by atoms with E-state index in [9.17, 15) is 18.0 Å². The number of aromatic amines is 1. The number of benzene rings is 1. The summed E-state index contributed by atoms with van der Waals surface area (Å²) in [7, 11) is 0. The number of H-pyrrole nitrogens is 1. The highest BCUT2D eigenvalue weighted by Gasteiger charge is 2.25. The second-order valence-electron chi connectivity index (χ2n) is 4.97. The summed E-state index contributed by atoms with van der Waals surface area (Å²) < 4.78 is 43.6. The van der Waals surface area contributed by atoms with Crippen LogP contribution in [0.4, 0.5) is 18.9 Å². The van der Waals surface area contributed by atoms with Crippen molar-refractivity contribution < 1.29 is 22.7 Å². The highest BCUT2D eigenvalue weighted by Crippen LogP contribution is 2.27. The molecular weight excluding hydrogens is 325 g/mol. The van der Waals surface area contributed by atoms with E-state index in [1.165, 1.54) is 24.7 Å². The summed E-state index contributed by atoms with van der Waals surface area (Å²) in [6.07, 6.45) is -0.743. The van der Waals surface area contributed by atoms with Crippen molar-refractivity contribution in [2.45, 2.75) is 13.0 Å². The summed E-state index contributed by atoms with van der Waals surface area (Å²) in [5.41, 5.74) is 1.14. The molecule has 0 saturated carbocycles. The largest absolute Gasteiger partial charge is 0.430 e. The molecule has 0 fully saturated rings. The SMILES string of the molecule is CC(F)(F)Oc1cc(NC(=O)c2ccnc3nc[nH]c23)ccc1F. The Bertz CT molecular complexity index is 905. The first-order valence-corrected chi connectivity index (χ1v) is 6.79. The van der Waals surface area contributed by atoms with Crippen LogP contribution in [0.2, 0.25) is 0 Å². The van der Waals surface area contributed by atoms with Gasteiger partial charge in [0.05, 0.1) is 17.4 Å². The van der Waals surface area contributed by atoms with Crippen LogP contribution in [0.3, 0.4) is 0 Å². The highest BCUT2D eigenvalue weighted by molar-refractivity contribution is 6.10. The maximum atomic E-state index is 13.5. The standard InChI is InChI=1S/C15H11F3N4O2/c1-15(17,18)24-11-6-8(2-3-10(11)16)22-14(23)9-4-5-19-13-12(9)20-7-21-13/h2-7H,1H3,(H,22,23)(H,19,20,21). The average molecular weight is 336 g/mol. The van der Waals surface area contributed by atoms with E-state index in [0.717, 1.165) is 12.1 Å². The number of amides is 1. The molecule has 0 radical (unpaired) electrons. The molecule has 2 heterocycles. The number of anilines is 1. The molecule has 0 aliphatic rings. The molecule has 9 heteroatoms. The third-order valence-corrected chi connectivity index (χ3v) is 3.05. The molecule has 0 atom stereocenters.